The first kappa shape index (κ1) is 11.8. The van der Waals surface area contributed by atoms with Gasteiger partial charge in [-0.1, -0.05) is 23.7 Å². The van der Waals surface area contributed by atoms with Crippen molar-refractivity contribution in [2.24, 2.45) is 11.7 Å². The van der Waals surface area contributed by atoms with Crippen LogP contribution < -0.4 is 5.73 Å². The Hall–Kier alpha value is -0.640. The average Bonchev–Trinajstić information content (AvgIpc) is 2.64. The largest absolute Gasteiger partial charge is 0.330 e. The summed E-state index contributed by atoms with van der Waals surface area (Å²) in [7, 11) is 2.03. The van der Waals surface area contributed by atoms with Gasteiger partial charge in [0, 0.05) is 12.6 Å². The van der Waals surface area contributed by atoms with Gasteiger partial charge in [-0.3, -0.25) is 4.90 Å². The molecular weight excluding hydrogens is 227 g/mol. The predicted molar refractivity (Wildman–Crippen MR) is 63.9 cm³/mol. The van der Waals surface area contributed by atoms with Crippen LogP contribution in [0.3, 0.4) is 0 Å². The summed E-state index contributed by atoms with van der Waals surface area (Å²) < 4.78 is 13.4. The lowest BCUT2D eigenvalue weighted by Crippen LogP contribution is -2.20. The summed E-state index contributed by atoms with van der Waals surface area (Å²) in [5.74, 6) is 0.137. The van der Waals surface area contributed by atoms with E-state index in [-0.39, 0.29) is 16.9 Å². The Morgan fingerprint density at radius 2 is 2.31 bits per heavy atom. The molecule has 2 unspecified atom stereocenters. The molecule has 0 amide bonds. The maximum Gasteiger partial charge on any atom is 0.142 e. The standard InChI is InChI=1S/C12H16ClFN2/c1-16-7-8(6-15)5-11(16)9-3-2-4-10(14)12(9)13/h2-4,8,11H,5-7,15H2,1H3. The molecular formula is C12H16ClFN2. The third-order valence-corrected chi connectivity index (χ3v) is 3.71. The zero-order valence-electron chi connectivity index (χ0n) is 9.29. The van der Waals surface area contributed by atoms with Crippen molar-refractivity contribution >= 4 is 11.6 Å². The molecule has 2 nitrogen and oxygen atoms in total. The van der Waals surface area contributed by atoms with E-state index in [0.29, 0.717) is 12.5 Å². The van der Waals surface area contributed by atoms with Gasteiger partial charge in [-0.2, -0.15) is 0 Å². The van der Waals surface area contributed by atoms with Crippen LogP contribution in [0.5, 0.6) is 0 Å². The van der Waals surface area contributed by atoms with Gasteiger partial charge in [-0.25, -0.2) is 4.39 Å². The van der Waals surface area contributed by atoms with Crippen molar-refractivity contribution in [3.05, 3.63) is 34.6 Å². The van der Waals surface area contributed by atoms with Gasteiger partial charge in [0.1, 0.15) is 5.82 Å². The quantitative estimate of drug-likeness (QED) is 0.863. The van der Waals surface area contributed by atoms with Gasteiger partial charge in [-0.05, 0) is 37.6 Å². The van der Waals surface area contributed by atoms with E-state index in [1.54, 1.807) is 6.07 Å². The molecule has 1 saturated heterocycles. The van der Waals surface area contributed by atoms with E-state index in [1.807, 2.05) is 13.1 Å². The number of nitrogens with zero attached hydrogens (tertiary/aromatic N) is 1. The molecule has 2 atom stereocenters. The maximum absolute atomic E-state index is 13.4. The highest BCUT2D eigenvalue weighted by Crippen LogP contribution is 2.37. The van der Waals surface area contributed by atoms with Gasteiger partial charge in [0.05, 0.1) is 5.02 Å². The molecule has 1 aromatic rings. The van der Waals surface area contributed by atoms with Gasteiger partial charge < -0.3 is 5.73 Å². The Kier molecular flexibility index (Phi) is 3.47. The van der Waals surface area contributed by atoms with Crippen LogP contribution in [0.15, 0.2) is 18.2 Å². The molecule has 88 valence electrons. The molecule has 0 bridgehead atoms. The lowest BCUT2D eigenvalue weighted by atomic mass is 10.00. The maximum atomic E-state index is 13.4. The van der Waals surface area contributed by atoms with Crippen molar-refractivity contribution < 1.29 is 4.39 Å². The summed E-state index contributed by atoms with van der Waals surface area (Å²) in [4.78, 5) is 2.19. The van der Waals surface area contributed by atoms with E-state index in [2.05, 4.69) is 4.90 Å². The summed E-state index contributed by atoms with van der Waals surface area (Å²) in [5.41, 5.74) is 6.55. The highest BCUT2D eigenvalue weighted by molar-refractivity contribution is 6.31. The molecule has 1 heterocycles. The molecule has 0 radical (unpaired) electrons. The molecule has 0 spiro atoms. The third-order valence-electron chi connectivity index (χ3n) is 3.31. The van der Waals surface area contributed by atoms with Crippen LogP contribution in [0.25, 0.3) is 0 Å². The lowest BCUT2D eigenvalue weighted by molar-refractivity contribution is 0.313. The van der Waals surface area contributed by atoms with E-state index in [9.17, 15) is 4.39 Å². The molecule has 16 heavy (non-hydrogen) atoms. The predicted octanol–water partition coefficient (Wildman–Crippen LogP) is 2.43. The van der Waals surface area contributed by atoms with Crippen LogP contribution in [-0.2, 0) is 0 Å². The number of hydrogen-bond acceptors (Lipinski definition) is 2. The second-order valence-electron chi connectivity index (χ2n) is 4.44. The zero-order chi connectivity index (χ0) is 11.7. The number of hydrogen-bond donors (Lipinski definition) is 1. The van der Waals surface area contributed by atoms with Gasteiger partial charge in [-0.15, -0.1) is 0 Å². The van der Waals surface area contributed by atoms with Gasteiger partial charge in [0.15, 0.2) is 0 Å². The molecule has 2 rings (SSSR count). The molecule has 1 aliphatic heterocycles. The molecule has 1 fully saturated rings. The van der Waals surface area contributed by atoms with Crippen molar-refractivity contribution in [2.45, 2.75) is 12.5 Å². The Balaban J connectivity index is 2.28. The van der Waals surface area contributed by atoms with Crippen molar-refractivity contribution in [1.29, 1.82) is 0 Å². The van der Waals surface area contributed by atoms with Crippen molar-refractivity contribution in [1.82, 2.24) is 4.90 Å². The number of nitrogens with two attached hydrogens (primary N) is 1. The summed E-state index contributed by atoms with van der Waals surface area (Å²) in [6.07, 6.45) is 0.955. The fraction of sp³-hybridized carbons (Fsp3) is 0.500. The van der Waals surface area contributed by atoms with Crippen molar-refractivity contribution in [3.63, 3.8) is 0 Å². The number of likely N-dealkylation sites (tertiary alicyclic amines) is 1. The Morgan fingerprint density at radius 1 is 1.56 bits per heavy atom. The first-order valence-corrected chi connectivity index (χ1v) is 5.85. The number of halogens is 2. The minimum Gasteiger partial charge on any atom is -0.330 e. The van der Waals surface area contributed by atoms with Crippen molar-refractivity contribution in [2.75, 3.05) is 20.1 Å². The van der Waals surface area contributed by atoms with Gasteiger partial charge >= 0.3 is 0 Å². The molecule has 0 saturated carbocycles. The van der Waals surface area contributed by atoms with E-state index in [1.165, 1.54) is 6.07 Å². The minimum atomic E-state index is -0.344. The van der Waals surface area contributed by atoms with Gasteiger partial charge in [0.2, 0.25) is 0 Å². The lowest BCUT2D eigenvalue weighted by Gasteiger charge is -2.20. The van der Waals surface area contributed by atoms with E-state index in [0.717, 1.165) is 18.5 Å². The van der Waals surface area contributed by atoms with Gasteiger partial charge in [0.25, 0.3) is 0 Å². The molecule has 0 aliphatic carbocycles. The van der Waals surface area contributed by atoms with Crippen molar-refractivity contribution in [3.8, 4) is 0 Å². The molecule has 0 aromatic heterocycles. The summed E-state index contributed by atoms with van der Waals surface area (Å²) >= 11 is 6.00. The fourth-order valence-corrected chi connectivity index (χ4v) is 2.67. The zero-order valence-corrected chi connectivity index (χ0v) is 10.0. The normalized spacial score (nSPS) is 26.2. The first-order valence-electron chi connectivity index (χ1n) is 5.47. The highest BCUT2D eigenvalue weighted by Gasteiger charge is 2.31. The summed E-state index contributed by atoms with van der Waals surface area (Å²) in [5, 5.41) is 0.247. The van der Waals surface area contributed by atoms with E-state index < -0.39 is 0 Å². The van der Waals surface area contributed by atoms with Crippen LogP contribution in [0, 0.1) is 11.7 Å². The molecule has 1 aliphatic rings. The van der Waals surface area contributed by atoms with E-state index in [4.69, 9.17) is 17.3 Å². The van der Waals surface area contributed by atoms with Crippen LogP contribution in [0.2, 0.25) is 5.02 Å². The van der Waals surface area contributed by atoms with Crippen LogP contribution in [-0.4, -0.2) is 25.0 Å². The molecule has 1 aromatic carbocycles. The second-order valence-corrected chi connectivity index (χ2v) is 4.81. The monoisotopic (exact) mass is 242 g/mol. The Morgan fingerprint density at radius 3 is 2.94 bits per heavy atom. The van der Waals surface area contributed by atoms with Crippen LogP contribution >= 0.6 is 11.6 Å². The number of benzene rings is 1. The average molecular weight is 243 g/mol. The fourth-order valence-electron chi connectivity index (χ4n) is 2.42. The topological polar surface area (TPSA) is 29.3 Å². The SMILES string of the molecule is CN1CC(CN)CC1c1cccc(F)c1Cl. The number of rotatable bonds is 2. The molecule has 2 N–H and O–H groups in total. The van der Waals surface area contributed by atoms with Crippen LogP contribution in [0.1, 0.15) is 18.0 Å². The second kappa shape index (κ2) is 4.70. The Labute approximate surface area is 100 Å². The summed E-state index contributed by atoms with van der Waals surface area (Å²) in [6, 6.07) is 5.18. The van der Waals surface area contributed by atoms with E-state index >= 15 is 0 Å². The highest BCUT2D eigenvalue weighted by atomic mass is 35.5. The minimum absolute atomic E-state index is 0.191. The Bertz CT molecular complexity index is 383. The summed E-state index contributed by atoms with van der Waals surface area (Å²) in [6.45, 7) is 1.63. The third kappa shape index (κ3) is 2.08. The van der Waals surface area contributed by atoms with Crippen LogP contribution in [0.4, 0.5) is 4.39 Å². The first-order chi connectivity index (χ1) is 7.63. The smallest absolute Gasteiger partial charge is 0.142 e. The molecule has 4 heteroatoms.